The molecule has 0 radical (unpaired) electrons. The smallest absolute Gasteiger partial charge is 0.157 e. The highest BCUT2D eigenvalue weighted by molar-refractivity contribution is 5.64. The fourth-order valence-electron chi connectivity index (χ4n) is 1.69. The van der Waals surface area contributed by atoms with Gasteiger partial charge in [-0.3, -0.25) is 4.90 Å². The summed E-state index contributed by atoms with van der Waals surface area (Å²) in [5, 5.41) is 0. The van der Waals surface area contributed by atoms with Gasteiger partial charge in [0, 0.05) is 13.1 Å². The number of rotatable bonds is 0. The van der Waals surface area contributed by atoms with Crippen LogP contribution in [0.4, 0.5) is 11.4 Å². The summed E-state index contributed by atoms with van der Waals surface area (Å²) in [6.07, 6.45) is 0. The van der Waals surface area contributed by atoms with Crippen molar-refractivity contribution in [1.29, 1.82) is 0 Å². The molecular formula is C9H13N2+. The summed E-state index contributed by atoms with van der Waals surface area (Å²) in [5.74, 6) is 0. The Bertz CT molecular complexity index is 243. The zero-order valence-corrected chi connectivity index (χ0v) is 6.96. The topological polar surface area (TPSA) is 7.68 Å². The van der Waals surface area contributed by atoms with E-state index < -0.39 is 0 Å². The van der Waals surface area contributed by atoms with Gasteiger partial charge in [-0.05, 0) is 6.07 Å². The Kier molecular flexibility index (Phi) is 1.36. The average molecular weight is 149 g/mol. The lowest BCUT2D eigenvalue weighted by molar-refractivity contribution is -0.802. The second-order valence-corrected chi connectivity index (χ2v) is 3.15. The van der Waals surface area contributed by atoms with Crippen LogP contribution in [0.15, 0.2) is 24.3 Å². The summed E-state index contributed by atoms with van der Waals surface area (Å²) >= 11 is 0. The van der Waals surface area contributed by atoms with Crippen LogP contribution in [-0.2, 0) is 0 Å². The van der Waals surface area contributed by atoms with Crippen LogP contribution in [0.5, 0.6) is 0 Å². The van der Waals surface area contributed by atoms with Crippen LogP contribution in [0.25, 0.3) is 0 Å². The Hall–Kier alpha value is -1.02. The van der Waals surface area contributed by atoms with Crippen LogP contribution in [0.2, 0.25) is 0 Å². The first-order valence-corrected chi connectivity index (χ1v) is 3.92. The van der Waals surface area contributed by atoms with Crippen LogP contribution in [-0.4, -0.2) is 20.8 Å². The summed E-state index contributed by atoms with van der Waals surface area (Å²) < 4.78 is 0. The maximum Gasteiger partial charge on any atom is 0.157 e. The highest BCUT2D eigenvalue weighted by Crippen LogP contribution is 2.23. The predicted molar refractivity (Wildman–Crippen MR) is 46.3 cm³/mol. The SMILES string of the molecule is CN1C[NH+](C)c2ccccc21. The molecule has 0 fully saturated rings. The molecule has 0 saturated carbocycles. The van der Waals surface area contributed by atoms with E-state index >= 15 is 0 Å². The van der Waals surface area contributed by atoms with Gasteiger partial charge in [-0.15, -0.1) is 0 Å². The number of hydrogen-bond donors (Lipinski definition) is 1. The lowest BCUT2D eigenvalue weighted by atomic mass is 10.3. The minimum atomic E-state index is 1.08. The highest BCUT2D eigenvalue weighted by Gasteiger charge is 2.23. The Morgan fingerprint density at radius 2 is 2.09 bits per heavy atom. The first kappa shape index (κ1) is 6.68. The molecule has 1 unspecified atom stereocenters. The zero-order valence-electron chi connectivity index (χ0n) is 6.96. The van der Waals surface area contributed by atoms with Gasteiger partial charge in [-0.25, -0.2) is 0 Å². The molecule has 0 bridgehead atoms. The van der Waals surface area contributed by atoms with E-state index in [0.29, 0.717) is 0 Å². The maximum absolute atomic E-state index is 2.28. The minimum Gasteiger partial charge on any atom is -0.323 e. The fraction of sp³-hybridized carbons (Fsp3) is 0.333. The normalized spacial score (nSPS) is 22.0. The third kappa shape index (κ3) is 0.906. The molecule has 0 aliphatic carbocycles. The van der Waals surface area contributed by atoms with Crippen molar-refractivity contribution in [2.45, 2.75) is 0 Å². The van der Waals surface area contributed by atoms with E-state index in [1.54, 1.807) is 0 Å². The van der Waals surface area contributed by atoms with Crippen molar-refractivity contribution in [3.05, 3.63) is 24.3 Å². The van der Waals surface area contributed by atoms with E-state index in [9.17, 15) is 0 Å². The van der Waals surface area contributed by atoms with Crippen molar-refractivity contribution in [3.8, 4) is 0 Å². The monoisotopic (exact) mass is 149 g/mol. The standard InChI is InChI=1S/C9H12N2/c1-10-7-11(2)9-6-4-3-5-8(9)10/h3-6H,7H2,1-2H3/p+1. The number of hydrogen-bond acceptors (Lipinski definition) is 1. The quantitative estimate of drug-likeness (QED) is 0.555. The van der Waals surface area contributed by atoms with Gasteiger partial charge in [0.15, 0.2) is 12.4 Å². The molecule has 2 heteroatoms. The largest absolute Gasteiger partial charge is 0.323 e. The van der Waals surface area contributed by atoms with Crippen molar-refractivity contribution >= 4 is 11.4 Å². The molecule has 1 aliphatic rings. The molecule has 0 amide bonds. The van der Waals surface area contributed by atoms with Crippen LogP contribution in [0, 0.1) is 0 Å². The minimum absolute atomic E-state index is 1.08. The van der Waals surface area contributed by atoms with E-state index in [4.69, 9.17) is 0 Å². The van der Waals surface area contributed by atoms with Crippen molar-refractivity contribution < 1.29 is 4.90 Å². The molecule has 1 aliphatic heterocycles. The Balaban J connectivity index is 2.52. The first-order chi connectivity index (χ1) is 5.29. The summed E-state index contributed by atoms with van der Waals surface area (Å²) in [6, 6.07) is 8.55. The third-order valence-electron chi connectivity index (χ3n) is 2.25. The first-order valence-electron chi connectivity index (χ1n) is 3.92. The van der Waals surface area contributed by atoms with Crippen LogP contribution >= 0.6 is 0 Å². The molecule has 1 aromatic carbocycles. The van der Waals surface area contributed by atoms with E-state index in [-0.39, 0.29) is 0 Å². The van der Waals surface area contributed by atoms with Gasteiger partial charge in [0.05, 0.1) is 7.05 Å². The summed E-state index contributed by atoms with van der Waals surface area (Å²) in [6.45, 7) is 1.08. The van der Waals surface area contributed by atoms with Crippen LogP contribution < -0.4 is 9.80 Å². The lowest BCUT2D eigenvalue weighted by Gasteiger charge is -2.06. The number of nitrogens with zero attached hydrogens (tertiary/aromatic N) is 1. The second-order valence-electron chi connectivity index (χ2n) is 3.15. The molecule has 1 atom stereocenters. The van der Waals surface area contributed by atoms with E-state index in [2.05, 4.69) is 43.3 Å². The summed E-state index contributed by atoms with van der Waals surface area (Å²) in [7, 11) is 4.33. The lowest BCUT2D eigenvalue weighted by Crippen LogP contribution is -3.03. The Labute approximate surface area is 67.0 Å². The highest BCUT2D eigenvalue weighted by atomic mass is 15.3. The molecular weight excluding hydrogens is 136 g/mol. The van der Waals surface area contributed by atoms with Gasteiger partial charge >= 0.3 is 0 Å². The predicted octanol–water partition coefficient (Wildman–Crippen LogP) is 0.240. The Morgan fingerprint density at radius 1 is 1.36 bits per heavy atom. The van der Waals surface area contributed by atoms with Gasteiger partial charge < -0.3 is 4.90 Å². The van der Waals surface area contributed by atoms with Gasteiger partial charge in [0.2, 0.25) is 0 Å². The maximum atomic E-state index is 2.28. The molecule has 0 aromatic heterocycles. The van der Waals surface area contributed by atoms with Crippen LogP contribution in [0.1, 0.15) is 0 Å². The molecule has 11 heavy (non-hydrogen) atoms. The van der Waals surface area contributed by atoms with Gasteiger partial charge in [0.25, 0.3) is 0 Å². The molecule has 1 aromatic rings. The van der Waals surface area contributed by atoms with Crippen LogP contribution in [0.3, 0.4) is 0 Å². The van der Waals surface area contributed by atoms with Crippen molar-refractivity contribution in [1.82, 2.24) is 0 Å². The summed E-state index contributed by atoms with van der Waals surface area (Å²) in [4.78, 5) is 3.76. The van der Waals surface area contributed by atoms with Gasteiger partial charge in [-0.1, -0.05) is 12.1 Å². The number of para-hydroxylation sites is 2. The molecule has 1 N–H and O–H groups in total. The third-order valence-corrected chi connectivity index (χ3v) is 2.25. The number of benzene rings is 1. The fourth-order valence-corrected chi connectivity index (χ4v) is 1.69. The molecule has 0 saturated heterocycles. The molecule has 58 valence electrons. The van der Waals surface area contributed by atoms with E-state index in [1.807, 2.05) is 0 Å². The van der Waals surface area contributed by atoms with Gasteiger partial charge in [0.1, 0.15) is 5.69 Å². The molecule has 0 spiro atoms. The van der Waals surface area contributed by atoms with E-state index in [0.717, 1.165) is 6.67 Å². The molecule has 1 heterocycles. The summed E-state index contributed by atoms with van der Waals surface area (Å²) in [5.41, 5.74) is 2.78. The zero-order chi connectivity index (χ0) is 7.84. The number of anilines is 1. The average Bonchev–Trinajstić information content (AvgIpc) is 2.30. The molecule has 2 nitrogen and oxygen atoms in total. The Morgan fingerprint density at radius 3 is 2.82 bits per heavy atom. The van der Waals surface area contributed by atoms with Gasteiger partial charge in [-0.2, -0.15) is 0 Å². The molecule has 2 rings (SSSR count). The van der Waals surface area contributed by atoms with E-state index in [1.165, 1.54) is 16.3 Å². The number of quaternary nitrogens is 1. The van der Waals surface area contributed by atoms with Crippen molar-refractivity contribution in [2.75, 3.05) is 25.7 Å². The number of fused-ring (bicyclic) bond motifs is 1. The second kappa shape index (κ2) is 2.24. The number of nitrogens with one attached hydrogen (secondary N) is 1. The van der Waals surface area contributed by atoms with Crippen molar-refractivity contribution in [3.63, 3.8) is 0 Å². The van der Waals surface area contributed by atoms with Crippen molar-refractivity contribution in [2.24, 2.45) is 0 Å².